The fraction of sp³-hybridized carbons (Fsp3) is 0.278. The van der Waals surface area contributed by atoms with Crippen LogP contribution in [-0.4, -0.2) is 29.5 Å². The lowest BCUT2D eigenvalue weighted by atomic mass is 10.2. The van der Waals surface area contributed by atoms with E-state index in [1.807, 2.05) is 20.9 Å². The van der Waals surface area contributed by atoms with Gasteiger partial charge in [-0.25, -0.2) is 14.4 Å². The number of carbonyl (C=O) groups is 1. The molecule has 0 aliphatic heterocycles. The zero-order chi connectivity index (χ0) is 18.1. The first-order valence-electron chi connectivity index (χ1n) is 7.86. The predicted octanol–water partition coefficient (Wildman–Crippen LogP) is 3.83. The summed E-state index contributed by atoms with van der Waals surface area (Å²) in [6, 6.07) is 5.84. The summed E-state index contributed by atoms with van der Waals surface area (Å²) in [6.07, 6.45) is 0. The van der Waals surface area contributed by atoms with Gasteiger partial charge in [-0.1, -0.05) is 6.07 Å². The standard InChI is InChI=1S/C18H19FN4OS/c1-10-11(2)25-18-16(10)17(20-12(3)21-18)23(4)9-15(24)22-14-7-5-6-13(19)8-14/h5-8H,9H2,1-4H3,(H,22,24). The Morgan fingerprint density at radius 3 is 2.76 bits per heavy atom. The van der Waals surface area contributed by atoms with Crippen molar-refractivity contribution in [3.63, 3.8) is 0 Å². The molecule has 0 bridgehead atoms. The molecular formula is C18H19FN4OS. The van der Waals surface area contributed by atoms with Crippen molar-refractivity contribution >= 4 is 39.0 Å². The summed E-state index contributed by atoms with van der Waals surface area (Å²) in [4.78, 5) is 25.2. The van der Waals surface area contributed by atoms with Gasteiger partial charge in [0.2, 0.25) is 5.91 Å². The number of anilines is 2. The number of thiophene rings is 1. The third-order valence-electron chi connectivity index (χ3n) is 3.97. The molecule has 2 heterocycles. The molecule has 0 aliphatic rings. The van der Waals surface area contributed by atoms with E-state index in [0.717, 1.165) is 21.6 Å². The van der Waals surface area contributed by atoms with Gasteiger partial charge in [0.25, 0.3) is 0 Å². The maximum Gasteiger partial charge on any atom is 0.243 e. The van der Waals surface area contributed by atoms with Gasteiger partial charge < -0.3 is 10.2 Å². The van der Waals surface area contributed by atoms with Crippen LogP contribution in [0.25, 0.3) is 10.2 Å². The molecule has 7 heteroatoms. The van der Waals surface area contributed by atoms with E-state index in [4.69, 9.17) is 0 Å². The van der Waals surface area contributed by atoms with Crippen LogP contribution in [0.2, 0.25) is 0 Å². The fourth-order valence-corrected chi connectivity index (χ4v) is 3.73. The van der Waals surface area contributed by atoms with Gasteiger partial charge in [0.1, 0.15) is 22.3 Å². The van der Waals surface area contributed by atoms with Gasteiger partial charge in [0.05, 0.1) is 11.9 Å². The number of nitrogens with zero attached hydrogens (tertiary/aromatic N) is 3. The Morgan fingerprint density at radius 2 is 2.04 bits per heavy atom. The van der Waals surface area contributed by atoms with E-state index in [2.05, 4.69) is 22.2 Å². The molecule has 0 atom stereocenters. The molecule has 0 unspecified atom stereocenters. The molecule has 0 spiro atoms. The first-order chi connectivity index (χ1) is 11.8. The van der Waals surface area contributed by atoms with Crippen molar-refractivity contribution < 1.29 is 9.18 Å². The van der Waals surface area contributed by atoms with E-state index in [9.17, 15) is 9.18 Å². The molecule has 0 fully saturated rings. The van der Waals surface area contributed by atoms with E-state index in [0.29, 0.717) is 11.5 Å². The maximum absolute atomic E-state index is 13.2. The SMILES string of the molecule is Cc1nc(N(C)CC(=O)Nc2cccc(F)c2)c2c(C)c(C)sc2n1. The summed E-state index contributed by atoms with van der Waals surface area (Å²) in [5.74, 6) is 0.783. The Bertz CT molecular complexity index is 954. The third kappa shape index (κ3) is 3.61. The van der Waals surface area contributed by atoms with E-state index >= 15 is 0 Å². The molecule has 0 saturated carbocycles. The molecule has 0 saturated heterocycles. The number of aryl methyl sites for hydroxylation is 3. The number of likely N-dealkylation sites (N-methyl/N-ethyl adjacent to an activating group) is 1. The number of hydrogen-bond donors (Lipinski definition) is 1. The smallest absolute Gasteiger partial charge is 0.243 e. The Kier molecular flexibility index (Phi) is 4.67. The largest absolute Gasteiger partial charge is 0.350 e. The van der Waals surface area contributed by atoms with Crippen molar-refractivity contribution in [2.75, 3.05) is 23.8 Å². The first-order valence-corrected chi connectivity index (χ1v) is 8.67. The molecular weight excluding hydrogens is 339 g/mol. The molecule has 3 aromatic rings. The fourth-order valence-electron chi connectivity index (χ4n) is 2.67. The monoisotopic (exact) mass is 358 g/mol. The second kappa shape index (κ2) is 6.76. The highest BCUT2D eigenvalue weighted by Gasteiger charge is 2.18. The zero-order valence-corrected chi connectivity index (χ0v) is 15.4. The average Bonchev–Trinajstić information content (AvgIpc) is 2.80. The highest BCUT2D eigenvalue weighted by atomic mass is 32.1. The number of benzene rings is 1. The van der Waals surface area contributed by atoms with E-state index in [-0.39, 0.29) is 18.3 Å². The van der Waals surface area contributed by atoms with Crippen molar-refractivity contribution in [2.45, 2.75) is 20.8 Å². The summed E-state index contributed by atoms with van der Waals surface area (Å²) in [7, 11) is 1.82. The summed E-state index contributed by atoms with van der Waals surface area (Å²) in [5.41, 5.74) is 1.57. The minimum absolute atomic E-state index is 0.108. The van der Waals surface area contributed by atoms with E-state index < -0.39 is 0 Å². The average molecular weight is 358 g/mol. The Hall–Kier alpha value is -2.54. The number of nitrogens with one attached hydrogen (secondary N) is 1. The van der Waals surface area contributed by atoms with Crippen LogP contribution < -0.4 is 10.2 Å². The second-order valence-corrected chi connectivity index (χ2v) is 7.18. The molecule has 25 heavy (non-hydrogen) atoms. The number of hydrogen-bond acceptors (Lipinski definition) is 5. The van der Waals surface area contributed by atoms with E-state index in [1.54, 1.807) is 28.4 Å². The van der Waals surface area contributed by atoms with Crippen LogP contribution in [0.3, 0.4) is 0 Å². The quantitative estimate of drug-likeness (QED) is 0.770. The van der Waals surface area contributed by atoms with Crippen LogP contribution >= 0.6 is 11.3 Å². The lowest BCUT2D eigenvalue weighted by Crippen LogP contribution is -2.31. The number of fused-ring (bicyclic) bond motifs is 1. The van der Waals surface area contributed by atoms with Crippen molar-refractivity contribution in [3.8, 4) is 0 Å². The molecule has 130 valence electrons. The Balaban J connectivity index is 1.84. The highest BCUT2D eigenvalue weighted by Crippen LogP contribution is 2.34. The van der Waals surface area contributed by atoms with Gasteiger partial charge in [-0.05, 0) is 44.5 Å². The number of carbonyl (C=O) groups excluding carboxylic acids is 1. The van der Waals surface area contributed by atoms with Crippen molar-refractivity contribution in [2.24, 2.45) is 0 Å². The summed E-state index contributed by atoms with van der Waals surface area (Å²) in [5, 5.41) is 3.69. The lowest BCUT2D eigenvalue weighted by Gasteiger charge is -2.19. The molecule has 0 radical (unpaired) electrons. The van der Waals surface area contributed by atoms with Crippen LogP contribution in [0.5, 0.6) is 0 Å². The summed E-state index contributed by atoms with van der Waals surface area (Å²) < 4.78 is 13.2. The molecule has 2 aromatic heterocycles. The minimum atomic E-state index is -0.385. The van der Waals surface area contributed by atoms with Crippen LogP contribution in [-0.2, 0) is 4.79 Å². The number of aromatic nitrogens is 2. The van der Waals surface area contributed by atoms with Gasteiger partial charge in [0, 0.05) is 17.6 Å². The number of rotatable bonds is 4. The normalized spacial score (nSPS) is 10.9. The molecule has 0 aliphatic carbocycles. The van der Waals surface area contributed by atoms with Gasteiger partial charge in [-0.15, -0.1) is 11.3 Å². The van der Waals surface area contributed by atoms with Gasteiger partial charge >= 0.3 is 0 Å². The molecule has 1 N–H and O–H groups in total. The van der Waals surface area contributed by atoms with Gasteiger partial charge in [0.15, 0.2) is 0 Å². The highest BCUT2D eigenvalue weighted by molar-refractivity contribution is 7.18. The molecule has 1 amide bonds. The Morgan fingerprint density at radius 1 is 1.28 bits per heavy atom. The maximum atomic E-state index is 13.2. The predicted molar refractivity (Wildman–Crippen MR) is 99.9 cm³/mol. The first kappa shape index (κ1) is 17.3. The minimum Gasteiger partial charge on any atom is -0.350 e. The van der Waals surface area contributed by atoms with Crippen molar-refractivity contribution in [1.82, 2.24) is 9.97 Å². The van der Waals surface area contributed by atoms with Gasteiger partial charge in [-0.2, -0.15) is 0 Å². The van der Waals surface area contributed by atoms with Crippen molar-refractivity contribution in [1.29, 1.82) is 0 Å². The Labute approximate surface area is 149 Å². The molecule has 1 aromatic carbocycles. The molecule has 5 nitrogen and oxygen atoms in total. The summed E-state index contributed by atoms with van der Waals surface area (Å²) >= 11 is 1.63. The number of amides is 1. The van der Waals surface area contributed by atoms with Crippen molar-refractivity contribution in [3.05, 3.63) is 46.3 Å². The molecule has 3 rings (SSSR count). The van der Waals surface area contributed by atoms with Gasteiger partial charge in [-0.3, -0.25) is 4.79 Å². The van der Waals surface area contributed by atoms with Crippen LogP contribution in [0.4, 0.5) is 15.9 Å². The third-order valence-corrected chi connectivity index (χ3v) is 5.07. The topological polar surface area (TPSA) is 58.1 Å². The van der Waals surface area contributed by atoms with E-state index in [1.165, 1.54) is 17.0 Å². The summed E-state index contributed by atoms with van der Waals surface area (Å²) in [6.45, 7) is 6.04. The number of halogens is 1. The van der Waals surface area contributed by atoms with Crippen LogP contribution in [0.1, 0.15) is 16.3 Å². The zero-order valence-electron chi connectivity index (χ0n) is 14.6. The van der Waals surface area contributed by atoms with Crippen LogP contribution in [0, 0.1) is 26.6 Å². The lowest BCUT2D eigenvalue weighted by molar-refractivity contribution is -0.114. The van der Waals surface area contributed by atoms with Crippen LogP contribution in [0.15, 0.2) is 24.3 Å². The second-order valence-electron chi connectivity index (χ2n) is 5.97.